The van der Waals surface area contributed by atoms with Crippen LogP contribution in [0.5, 0.6) is 0 Å². The molecule has 0 aliphatic heterocycles. The maximum absolute atomic E-state index is 12.9. The van der Waals surface area contributed by atoms with Crippen LogP contribution in [0.2, 0.25) is 0 Å². The summed E-state index contributed by atoms with van der Waals surface area (Å²) in [5.74, 6) is -0.604. The van der Waals surface area contributed by atoms with Crippen LogP contribution in [0.15, 0.2) is 59.0 Å². The Hall–Kier alpha value is -3.20. The van der Waals surface area contributed by atoms with E-state index in [0.717, 1.165) is 17.3 Å². The lowest BCUT2D eigenvalue weighted by molar-refractivity contribution is -0.144. The number of esters is 1. The molecule has 1 N–H and O–H groups in total. The summed E-state index contributed by atoms with van der Waals surface area (Å²) >= 11 is 1.12. The second kappa shape index (κ2) is 9.83. The minimum atomic E-state index is -0.564. The molecule has 0 spiro atoms. The first-order valence-corrected chi connectivity index (χ1v) is 9.77. The van der Waals surface area contributed by atoms with E-state index in [4.69, 9.17) is 9.15 Å². The monoisotopic (exact) mass is 415 g/mol. The van der Waals surface area contributed by atoms with Crippen LogP contribution in [0.4, 0.5) is 10.1 Å². The predicted molar refractivity (Wildman–Crippen MR) is 106 cm³/mol. The predicted octanol–water partition coefficient (Wildman–Crippen LogP) is 3.68. The lowest BCUT2D eigenvalue weighted by Gasteiger charge is -2.10. The zero-order valence-electron chi connectivity index (χ0n) is 15.5. The Bertz CT molecular complexity index is 963. The topological polar surface area (TPSA) is 94.3 Å². The van der Waals surface area contributed by atoms with Gasteiger partial charge in [0.1, 0.15) is 11.1 Å². The maximum atomic E-state index is 12.9. The molecule has 0 saturated heterocycles. The summed E-state index contributed by atoms with van der Waals surface area (Å²) < 4.78 is 23.5. The van der Waals surface area contributed by atoms with E-state index in [9.17, 15) is 14.0 Å². The van der Waals surface area contributed by atoms with Crippen molar-refractivity contribution in [2.75, 3.05) is 11.1 Å². The van der Waals surface area contributed by atoms with Crippen molar-refractivity contribution >= 4 is 29.3 Å². The highest BCUT2D eigenvalue weighted by atomic mass is 32.2. The van der Waals surface area contributed by atoms with Gasteiger partial charge in [-0.2, -0.15) is 0 Å². The Labute approximate surface area is 170 Å². The Morgan fingerprint density at radius 1 is 1.14 bits per heavy atom. The first-order chi connectivity index (χ1) is 14.0. The van der Waals surface area contributed by atoms with Crippen molar-refractivity contribution in [3.63, 3.8) is 0 Å². The Morgan fingerprint density at radius 3 is 2.59 bits per heavy atom. The second-order valence-electron chi connectivity index (χ2n) is 5.98. The van der Waals surface area contributed by atoms with Crippen molar-refractivity contribution in [2.24, 2.45) is 0 Å². The minimum absolute atomic E-state index is 0.0480. The molecule has 0 aliphatic carbocycles. The van der Waals surface area contributed by atoms with Gasteiger partial charge in [0, 0.05) is 11.3 Å². The third kappa shape index (κ3) is 6.15. The second-order valence-corrected chi connectivity index (χ2v) is 7.31. The molecule has 1 aromatic heterocycles. The van der Waals surface area contributed by atoms with E-state index in [1.165, 1.54) is 24.3 Å². The summed E-state index contributed by atoms with van der Waals surface area (Å²) in [6.45, 7) is 1.49. The molecule has 0 radical (unpaired) electrons. The highest BCUT2D eigenvalue weighted by Gasteiger charge is 2.18. The van der Waals surface area contributed by atoms with Crippen LogP contribution in [0.3, 0.4) is 0 Å². The van der Waals surface area contributed by atoms with Crippen LogP contribution < -0.4 is 5.32 Å². The highest BCUT2D eigenvalue weighted by Crippen LogP contribution is 2.18. The van der Waals surface area contributed by atoms with Gasteiger partial charge in [0.25, 0.3) is 5.89 Å². The third-order valence-electron chi connectivity index (χ3n) is 3.75. The van der Waals surface area contributed by atoms with Crippen molar-refractivity contribution in [3.05, 3.63) is 66.3 Å². The van der Waals surface area contributed by atoms with Crippen LogP contribution in [-0.2, 0) is 20.9 Å². The molecule has 3 rings (SSSR count). The fourth-order valence-electron chi connectivity index (χ4n) is 2.26. The van der Waals surface area contributed by atoms with E-state index < -0.39 is 11.2 Å². The van der Waals surface area contributed by atoms with Gasteiger partial charge in [0.05, 0.1) is 5.75 Å². The quantitative estimate of drug-likeness (QED) is 0.561. The fourth-order valence-corrected chi connectivity index (χ4v) is 2.94. The molecule has 1 amide bonds. The van der Waals surface area contributed by atoms with Gasteiger partial charge in [0.2, 0.25) is 11.8 Å². The zero-order chi connectivity index (χ0) is 20.6. The Morgan fingerprint density at radius 2 is 1.86 bits per heavy atom. The van der Waals surface area contributed by atoms with Crippen LogP contribution >= 0.6 is 11.8 Å². The summed E-state index contributed by atoms with van der Waals surface area (Å²) in [7, 11) is 0. The molecule has 1 unspecified atom stereocenters. The summed E-state index contributed by atoms with van der Waals surface area (Å²) in [6, 6.07) is 14.7. The van der Waals surface area contributed by atoms with Gasteiger partial charge in [-0.1, -0.05) is 18.2 Å². The number of aromatic nitrogens is 2. The van der Waals surface area contributed by atoms with E-state index in [2.05, 4.69) is 15.5 Å². The van der Waals surface area contributed by atoms with Gasteiger partial charge in [-0.25, -0.2) is 4.39 Å². The molecule has 0 bridgehead atoms. The van der Waals surface area contributed by atoms with Crippen molar-refractivity contribution in [1.29, 1.82) is 0 Å². The standard InChI is InChI=1S/C20H18FN3O4S/c1-13(29-12-17(25)22-16-9-7-15(21)8-10-16)20(26)27-11-18-23-24-19(28-18)14-5-3-2-4-6-14/h2-10,13H,11-12H2,1H3,(H,22,25). The number of benzene rings is 2. The third-order valence-corrected chi connectivity index (χ3v) is 4.87. The summed E-state index contributed by atoms with van der Waals surface area (Å²) in [5, 5.41) is 9.85. The van der Waals surface area contributed by atoms with Gasteiger partial charge < -0.3 is 14.5 Å². The molecule has 150 valence electrons. The number of carbonyl (C=O) groups is 2. The number of thioether (sulfide) groups is 1. The van der Waals surface area contributed by atoms with Crippen molar-refractivity contribution in [1.82, 2.24) is 10.2 Å². The number of halogens is 1. The molecule has 1 heterocycles. The van der Waals surface area contributed by atoms with Gasteiger partial charge in [-0.05, 0) is 43.3 Å². The van der Waals surface area contributed by atoms with E-state index in [1.54, 1.807) is 6.92 Å². The number of nitrogens with one attached hydrogen (secondary N) is 1. The largest absolute Gasteiger partial charge is 0.455 e. The van der Waals surface area contributed by atoms with Crippen LogP contribution in [0, 0.1) is 5.82 Å². The summed E-state index contributed by atoms with van der Waals surface area (Å²) in [4.78, 5) is 24.0. The Balaban J connectivity index is 1.42. The van der Waals surface area contributed by atoms with E-state index in [1.807, 2.05) is 30.3 Å². The lowest BCUT2D eigenvalue weighted by atomic mass is 10.2. The van der Waals surface area contributed by atoms with Gasteiger partial charge >= 0.3 is 5.97 Å². The molecule has 7 nitrogen and oxygen atoms in total. The van der Waals surface area contributed by atoms with Crippen molar-refractivity contribution < 1.29 is 23.1 Å². The number of hydrogen-bond acceptors (Lipinski definition) is 7. The SMILES string of the molecule is CC(SCC(=O)Nc1ccc(F)cc1)C(=O)OCc1nnc(-c2ccccc2)o1. The number of rotatable bonds is 8. The Kier molecular flexibility index (Phi) is 6.96. The highest BCUT2D eigenvalue weighted by molar-refractivity contribution is 8.01. The average molecular weight is 415 g/mol. The van der Waals surface area contributed by atoms with Crippen LogP contribution in [0.25, 0.3) is 11.5 Å². The fraction of sp³-hybridized carbons (Fsp3) is 0.200. The van der Waals surface area contributed by atoms with Gasteiger partial charge in [-0.3, -0.25) is 9.59 Å². The first-order valence-electron chi connectivity index (χ1n) is 8.73. The summed E-state index contributed by atoms with van der Waals surface area (Å²) in [5.41, 5.74) is 1.26. The zero-order valence-corrected chi connectivity index (χ0v) is 16.3. The average Bonchev–Trinajstić information content (AvgIpc) is 3.21. The molecular formula is C20H18FN3O4S. The number of ether oxygens (including phenoxy) is 1. The van der Waals surface area contributed by atoms with E-state index >= 15 is 0 Å². The molecule has 0 saturated carbocycles. The molecule has 9 heteroatoms. The molecule has 0 aliphatic rings. The molecule has 3 aromatic rings. The van der Waals surface area contributed by atoms with E-state index in [0.29, 0.717) is 11.6 Å². The minimum Gasteiger partial charge on any atom is -0.455 e. The van der Waals surface area contributed by atoms with Crippen molar-refractivity contribution in [3.8, 4) is 11.5 Å². The van der Waals surface area contributed by atoms with Crippen molar-refractivity contribution in [2.45, 2.75) is 18.8 Å². The molecule has 2 aromatic carbocycles. The summed E-state index contributed by atoms with van der Waals surface area (Å²) in [6.07, 6.45) is 0. The smallest absolute Gasteiger partial charge is 0.319 e. The molecule has 29 heavy (non-hydrogen) atoms. The normalized spacial score (nSPS) is 11.7. The van der Waals surface area contributed by atoms with Gasteiger partial charge in [-0.15, -0.1) is 22.0 Å². The van der Waals surface area contributed by atoms with Crippen LogP contribution in [-0.4, -0.2) is 33.1 Å². The molecular weight excluding hydrogens is 397 g/mol. The number of nitrogens with zero attached hydrogens (tertiary/aromatic N) is 2. The lowest BCUT2D eigenvalue weighted by Crippen LogP contribution is -2.21. The first kappa shape index (κ1) is 20.5. The van der Waals surface area contributed by atoms with Crippen LogP contribution in [0.1, 0.15) is 12.8 Å². The molecule has 1 atom stereocenters. The number of carbonyl (C=O) groups excluding carboxylic acids is 2. The van der Waals surface area contributed by atoms with E-state index in [-0.39, 0.29) is 30.0 Å². The molecule has 0 fully saturated rings. The maximum Gasteiger partial charge on any atom is 0.319 e. The van der Waals surface area contributed by atoms with Gasteiger partial charge in [0.15, 0.2) is 6.61 Å². The number of anilines is 1. The number of hydrogen-bond donors (Lipinski definition) is 1. The number of amides is 1.